The van der Waals surface area contributed by atoms with E-state index in [4.69, 9.17) is 9.47 Å². The molecule has 0 bridgehead atoms. The number of benzene rings is 4. The molecule has 4 aromatic carbocycles. The molecule has 192 valence electrons. The molecule has 2 heterocycles. The van der Waals surface area contributed by atoms with Crippen molar-refractivity contribution in [1.29, 1.82) is 10.5 Å². The number of anilines is 2. The zero-order chi connectivity index (χ0) is 27.0. The molecule has 0 amide bonds. The highest BCUT2D eigenvalue weighted by Gasteiger charge is 2.28. The van der Waals surface area contributed by atoms with E-state index in [9.17, 15) is 10.5 Å². The molecule has 0 N–H and O–H groups in total. The highest BCUT2D eigenvalue weighted by molar-refractivity contribution is 5.57. The van der Waals surface area contributed by atoms with Crippen LogP contribution in [-0.2, 0) is 18.5 Å². The third-order valence-electron chi connectivity index (χ3n) is 7.72. The van der Waals surface area contributed by atoms with Crippen LogP contribution >= 0.6 is 0 Å². The first-order chi connectivity index (χ1) is 18.9. The van der Waals surface area contributed by atoms with Gasteiger partial charge >= 0.3 is 0 Å². The third-order valence-corrected chi connectivity index (χ3v) is 7.72. The first-order valence-corrected chi connectivity index (χ1v) is 13.0. The second-order valence-electron chi connectivity index (χ2n) is 10.5. The lowest BCUT2D eigenvalue weighted by Gasteiger charge is -2.34. The molecule has 4 aromatic rings. The van der Waals surface area contributed by atoms with Gasteiger partial charge in [0.2, 0.25) is 0 Å². The zero-order valence-corrected chi connectivity index (χ0v) is 22.0. The monoisotopic (exact) mass is 512 g/mol. The summed E-state index contributed by atoms with van der Waals surface area (Å²) in [7, 11) is 0. The van der Waals surface area contributed by atoms with Crippen LogP contribution in [-0.4, -0.2) is 13.5 Å². The maximum absolute atomic E-state index is 9.30. The van der Waals surface area contributed by atoms with Crippen molar-refractivity contribution in [2.24, 2.45) is 0 Å². The summed E-state index contributed by atoms with van der Waals surface area (Å²) in [5.74, 6) is 1.80. The number of nitriles is 2. The predicted octanol–water partition coefficient (Wildman–Crippen LogP) is 6.47. The van der Waals surface area contributed by atoms with Gasteiger partial charge in [-0.1, -0.05) is 38.1 Å². The van der Waals surface area contributed by atoms with E-state index in [-0.39, 0.29) is 5.41 Å². The lowest BCUT2D eigenvalue weighted by atomic mass is 9.77. The molecule has 0 radical (unpaired) electrons. The lowest BCUT2D eigenvalue weighted by Crippen LogP contribution is -2.33. The average molecular weight is 513 g/mol. The van der Waals surface area contributed by atoms with Crippen LogP contribution in [0.3, 0.4) is 0 Å². The van der Waals surface area contributed by atoms with E-state index in [1.54, 1.807) is 0 Å². The molecule has 0 saturated carbocycles. The number of nitrogens with zero attached hydrogens (tertiary/aromatic N) is 4. The van der Waals surface area contributed by atoms with Crippen molar-refractivity contribution in [2.75, 3.05) is 23.3 Å². The van der Waals surface area contributed by atoms with E-state index in [2.05, 4.69) is 72.2 Å². The Labute approximate surface area is 228 Å². The van der Waals surface area contributed by atoms with Gasteiger partial charge < -0.3 is 19.3 Å². The summed E-state index contributed by atoms with van der Waals surface area (Å²) < 4.78 is 12.2. The molecule has 0 aliphatic carbocycles. The van der Waals surface area contributed by atoms with Crippen molar-refractivity contribution >= 4 is 11.4 Å². The van der Waals surface area contributed by atoms with Gasteiger partial charge in [-0.25, -0.2) is 0 Å². The molecule has 0 atom stereocenters. The number of hydrogen-bond donors (Lipinski definition) is 0. The Kier molecular flexibility index (Phi) is 6.09. The molecule has 2 aliphatic heterocycles. The van der Waals surface area contributed by atoms with Gasteiger partial charge in [-0.2, -0.15) is 10.5 Å². The van der Waals surface area contributed by atoms with E-state index in [1.807, 2.05) is 48.5 Å². The zero-order valence-electron chi connectivity index (χ0n) is 22.0. The number of hydrogen-bond acceptors (Lipinski definition) is 6. The van der Waals surface area contributed by atoms with Crippen molar-refractivity contribution in [3.05, 3.63) is 118 Å². The molecule has 0 unspecified atom stereocenters. The Morgan fingerprint density at radius 1 is 0.641 bits per heavy atom. The fourth-order valence-corrected chi connectivity index (χ4v) is 5.31. The molecular formula is C33H28N4O2. The molecular weight excluding hydrogens is 484 g/mol. The first-order valence-electron chi connectivity index (χ1n) is 13.0. The lowest BCUT2D eigenvalue weighted by molar-refractivity contribution is 0.288. The topological polar surface area (TPSA) is 72.5 Å². The number of fused-ring (bicyclic) bond motifs is 2. The van der Waals surface area contributed by atoms with E-state index in [1.165, 1.54) is 11.1 Å². The van der Waals surface area contributed by atoms with Crippen molar-refractivity contribution in [3.8, 4) is 23.6 Å². The largest absolute Gasteiger partial charge is 0.473 e. The molecule has 0 saturated heterocycles. The standard InChI is InChI=1S/C33H28N4O2/c1-33(2,27-9-11-31-25(15-27)19-36(21-38-31)29-7-3-5-23(13-29)17-34)28-10-12-32-26(16-28)20-37(22-39-32)30-8-4-6-24(14-30)18-35/h3-16H,19-22H2,1-2H3. The average Bonchev–Trinajstić information content (AvgIpc) is 3.00. The molecule has 39 heavy (non-hydrogen) atoms. The van der Waals surface area contributed by atoms with Crippen molar-refractivity contribution in [1.82, 2.24) is 0 Å². The summed E-state index contributed by atoms with van der Waals surface area (Å²) in [5.41, 5.74) is 7.63. The summed E-state index contributed by atoms with van der Waals surface area (Å²) in [6.07, 6.45) is 0. The van der Waals surface area contributed by atoms with Gasteiger partial charge in [0.15, 0.2) is 13.5 Å². The smallest absolute Gasteiger partial charge is 0.161 e. The minimum Gasteiger partial charge on any atom is -0.473 e. The molecule has 0 spiro atoms. The Morgan fingerprint density at radius 2 is 1.10 bits per heavy atom. The Hall–Kier alpha value is -4.94. The van der Waals surface area contributed by atoms with Gasteiger partial charge in [-0.05, 0) is 71.8 Å². The van der Waals surface area contributed by atoms with E-state index >= 15 is 0 Å². The van der Waals surface area contributed by atoms with Crippen molar-refractivity contribution < 1.29 is 9.47 Å². The minimum absolute atomic E-state index is 0.254. The highest BCUT2D eigenvalue weighted by atomic mass is 16.5. The summed E-state index contributed by atoms with van der Waals surface area (Å²) in [6, 6.07) is 32.6. The van der Waals surface area contributed by atoms with Crippen LogP contribution < -0.4 is 19.3 Å². The molecule has 0 aromatic heterocycles. The normalized spacial score (nSPS) is 14.3. The van der Waals surface area contributed by atoms with Crippen LogP contribution in [0.15, 0.2) is 84.9 Å². The quantitative estimate of drug-likeness (QED) is 0.312. The molecule has 6 nitrogen and oxygen atoms in total. The first kappa shape index (κ1) is 24.4. The summed E-state index contributed by atoms with van der Waals surface area (Å²) in [4.78, 5) is 4.29. The van der Waals surface area contributed by atoms with E-state index < -0.39 is 0 Å². The van der Waals surface area contributed by atoms with E-state index in [0.29, 0.717) is 37.7 Å². The summed E-state index contributed by atoms with van der Waals surface area (Å²) in [6.45, 7) is 6.80. The van der Waals surface area contributed by atoms with Gasteiger partial charge in [0.25, 0.3) is 0 Å². The van der Waals surface area contributed by atoms with Crippen LogP contribution in [0.25, 0.3) is 0 Å². The molecule has 6 rings (SSSR count). The van der Waals surface area contributed by atoms with Crippen molar-refractivity contribution in [3.63, 3.8) is 0 Å². The number of rotatable bonds is 4. The molecule has 6 heteroatoms. The summed E-state index contributed by atoms with van der Waals surface area (Å²) in [5, 5.41) is 18.6. The SMILES string of the molecule is CC(C)(c1ccc2c(c1)CN(c1cccc(C#N)c1)CO2)c1ccc2c(c1)CN(c1cccc(C#N)c1)CO2. The highest BCUT2D eigenvalue weighted by Crippen LogP contribution is 2.39. The third kappa shape index (κ3) is 4.62. The fourth-order valence-electron chi connectivity index (χ4n) is 5.31. The Balaban J connectivity index is 1.27. The van der Waals surface area contributed by atoms with Gasteiger partial charge in [0, 0.05) is 41.0 Å². The maximum Gasteiger partial charge on any atom is 0.161 e. The Morgan fingerprint density at radius 3 is 1.54 bits per heavy atom. The second-order valence-corrected chi connectivity index (χ2v) is 10.5. The molecule has 2 aliphatic rings. The summed E-state index contributed by atoms with van der Waals surface area (Å²) >= 11 is 0. The number of ether oxygens (including phenoxy) is 2. The van der Waals surface area contributed by atoms with Gasteiger partial charge in [-0.3, -0.25) is 0 Å². The van der Waals surface area contributed by atoms with Crippen LogP contribution in [0.2, 0.25) is 0 Å². The van der Waals surface area contributed by atoms with Crippen molar-refractivity contribution in [2.45, 2.75) is 32.4 Å². The fraction of sp³-hybridized carbons (Fsp3) is 0.212. The van der Waals surface area contributed by atoms with Gasteiger partial charge in [0.1, 0.15) is 11.5 Å². The second kappa shape index (κ2) is 9.74. The van der Waals surface area contributed by atoms with Gasteiger partial charge in [0.05, 0.1) is 23.3 Å². The van der Waals surface area contributed by atoms with Crippen LogP contribution in [0.4, 0.5) is 11.4 Å². The van der Waals surface area contributed by atoms with Crippen LogP contribution in [0.1, 0.15) is 47.2 Å². The minimum atomic E-state index is -0.254. The maximum atomic E-state index is 9.30. The Bertz CT molecular complexity index is 1530. The van der Waals surface area contributed by atoms with Gasteiger partial charge in [-0.15, -0.1) is 0 Å². The molecule has 0 fully saturated rings. The van der Waals surface area contributed by atoms with Crippen LogP contribution in [0.5, 0.6) is 11.5 Å². The van der Waals surface area contributed by atoms with E-state index in [0.717, 1.165) is 34.0 Å². The predicted molar refractivity (Wildman–Crippen MR) is 151 cm³/mol. The van der Waals surface area contributed by atoms with Crippen LogP contribution in [0, 0.1) is 22.7 Å².